The molecule has 158 valence electrons. The first-order valence-electron chi connectivity index (χ1n) is 9.50. The molecule has 0 amide bonds. The van der Waals surface area contributed by atoms with E-state index >= 15 is 0 Å². The van der Waals surface area contributed by atoms with Crippen LogP contribution < -0.4 is 0 Å². The maximum atomic E-state index is 12.5. The minimum absolute atomic E-state index is 0.123. The monoisotopic (exact) mass is 397 g/mol. The second kappa shape index (κ2) is 8.32. The summed E-state index contributed by atoms with van der Waals surface area (Å²) in [5.74, 6) is -1.48. The number of hydrogen-bond donors (Lipinski definition) is 3. The number of nitrogens with zero attached hydrogens (tertiary/aromatic N) is 1. The summed E-state index contributed by atoms with van der Waals surface area (Å²) in [6.07, 6.45) is 2.40. The largest absolute Gasteiger partial charge is 0.459 e. The first-order valence-corrected chi connectivity index (χ1v) is 9.50. The van der Waals surface area contributed by atoms with Gasteiger partial charge in [-0.15, -0.1) is 0 Å². The van der Waals surface area contributed by atoms with Crippen LogP contribution in [0.15, 0.2) is 23.3 Å². The lowest BCUT2D eigenvalue weighted by Gasteiger charge is -2.38. The maximum Gasteiger partial charge on any atom is 0.344 e. The molecule has 0 aromatic carbocycles. The second-order valence-electron chi connectivity index (χ2n) is 8.00. The van der Waals surface area contributed by atoms with Crippen molar-refractivity contribution in [2.75, 3.05) is 19.7 Å². The first kappa shape index (κ1) is 22.5. The molecule has 1 saturated heterocycles. The number of aliphatic hydroxyl groups is 3. The molecule has 2 aliphatic rings. The van der Waals surface area contributed by atoms with Crippen LogP contribution in [0.25, 0.3) is 0 Å². The lowest BCUT2D eigenvalue weighted by Crippen LogP contribution is -2.63. The van der Waals surface area contributed by atoms with Gasteiger partial charge in [-0.25, -0.2) is 9.59 Å². The predicted molar refractivity (Wildman–Crippen MR) is 101 cm³/mol. The first-order chi connectivity index (χ1) is 12.9. The molecule has 0 unspecified atom stereocenters. The molecule has 4 atom stereocenters. The van der Waals surface area contributed by atoms with E-state index in [0.717, 1.165) is 12.1 Å². The number of aliphatic hydroxyl groups excluding tert-OH is 1. The summed E-state index contributed by atoms with van der Waals surface area (Å²) in [5, 5.41) is 30.5. The van der Waals surface area contributed by atoms with Gasteiger partial charge in [0, 0.05) is 18.7 Å². The van der Waals surface area contributed by atoms with Crippen LogP contribution in [-0.4, -0.2) is 81.3 Å². The van der Waals surface area contributed by atoms with E-state index in [9.17, 15) is 24.9 Å². The van der Waals surface area contributed by atoms with Crippen molar-refractivity contribution in [3.8, 4) is 0 Å². The van der Waals surface area contributed by atoms with Gasteiger partial charge in [-0.1, -0.05) is 12.2 Å². The Morgan fingerprint density at radius 2 is 2.04 bits per heavy atom. The van der Waals surface area contributed by atoms with Crippen molar-refractivity contribution in [1.82, 2.24) is 4.90 Å². The van der Waals surface area contributed by atoms with Crippen LogP contribution in [0.2, 0.25) is 0 Å². The van der Waals surface area contributed by atoms with Crippen molar-refractivity contribution < 1.29 is 34.4 Å². The normalized spacial score (nSPS) is 26.3. The molecule has 28 heavy (non-hydrogen) atoms. The predicted octanol–water partition coefficient (Wildman–Crippen LogP) is 0.305. The van der Waals surface area contributed by atoms with Gasteiger partial charge in [0.1, 0.15) is 18.3 Å². The standard InChI is InChI=1S/C20H31NO7/c1-6-12(2)17(23)28-15-8-10-21-9-7-14(16(15)21)11-27-18(24)20(26,13(3)22)19(4,5)25/h6-7,13,15-16,22,25-26H,8-11H2,1-5H3/t13-,15-,16+,20-/m0/s1. The van der Waals surface area contributed by atoms with Gasteiger partial charge in [-0.2, -0.15) is 0 Å². The number of hydrogen-bond acceptors (Lipinski definition) is 8. The van der Waals surface area contributed by atoms with Crippen LogP contribution >= 0.6 is 0 Å². The number of carbonyl (C=O) groups is 2. The Morgan fingerprint density at radius 3 is 2.57 bits per heavy atom. The summed E-state index contributed by atoms with van der Waals surface area (Å²) in [4.78, 5) is 26.7. The van der Waals surface area contributed by atoms with Crippen LogP contribution in [0.3, 0.4) is 0 Å². The Balaban J connectivity index is 2.06. The third kappa shape index (κ3) is 4.15. The third-order valence-corrected chi connectivity index (χ3v) is 5.65. The molecule has 0 aliphatic carbocycles. The van der Waals surface area contributed by atoms with E-state index in [1.54, 1.807) is 19.9 Å². The van der Waals surface area contributed by atoms with Crippen LogP contribution in [0.5, 0.6) is 0 Å². The van der Waals surface area contributed by atoms with Gasteiger partial charge in [0.05, 0.1) is 12.1 Å². The molecule has 0 bridgehead atoms. The quantitative estimate of drug-likeness (QED) is 0.319. The van der Waals surface area contributed by atoms with E-state index in [0.29, 0.717) is 18.5 Å². The zero-order chi connectivity index (χ0) is 21.3. The molecule has 8 nitrogen and oxygen atoms in total. The van der Waals surface area contributed by atoms with Gasteiger partial charge in [0.15, 0.2) is 0 Å². The molecule has 2 rings (SSSR count). The molecular weight excluding hydrogens is 366 g/mol. The Kier molecular flexibility index (Phi) is 6.70. The summed E-state index contributed by atoms with van der Waals surface area (Å²) in [5.41, 5.74) is -3.06. The third-order valence-electron chi connectivity index (χ3n) is 5.65. The van der Waals surface area contributed by atoms with Crippen molar-refractivity contribution in [3.63, 3.8) is 0 Å². The van der Waals surface area contributed by atoms with E-state index in [2.05, 4.69) is 4.90 Å². The fourth-order valence-electron chi connectivity index (χ4n) is 3.66. The number of ether oxygens (including phenoxy) is 2. The maximum absolute atomic E-state index is 12.5. The molecule has 0 spiro atoms. The molecule has 8 heteroatoms. The van der Waals surface area contributed by atoms with Crippen molar-refractivity contribution in [3.05, 3.63) is 23.3 Å². The lowest BCUT2D eigenvalue weighted by molar-refractivity contribution is -0.213. The van der Waals surface area contributed by atoms with Crippen LogP contribution in [0.4, 0.5) is 0 Å². The van der Waals surface area contributed by atoms with Crippen LogP contribution in [0.1, 0.15) is 41.0 Å². The summed E-state index contributed by atoms with van der Waals surface area (Å²) in [6, 6.07) is -0.191. The lowest BCUT2D eigenvalue weighted by atomic mass is 9.81. The van der Waals surface area contributed by atoms with Gasteiger partial charge in [-0.05, 0) is 46.6 Å². The summed E-state index contributed by atoms with van der Waals surface area (Å²) in [6.45, 7) is 8.42. The molecule has 1 fully saturated rings. The molecule has 0 aromatic heterocycles. The van der Waals surface area contributed by atoms with E-state index in [4.69, 9.17) is 9.47 Å². The molecule has 3 N–H and O–H groups in total. The zero-order valence-electron chi connectivity index (χ0n) is 17.1. The highest BCUT2D eigenvalue weighted by molar-refractivity contribution is 5.87. The zero-order valence-corrected chi connectivity index (χ0v) is 17.1. The van der Waals surface area contributed by atoms with Crippen LogP contribution in [0, 0.1) is 0 Å². The molecule has 0 radical (unpaired) electrons. The molecule has 2 heterocycles. The Morgan fingerprint density at radius 1 is 1.39 bits per heavy atom. The average Bonchev–Trinajstić information content (AvgIpc) is 3.20. The highest BCUT2D eigenvalue weighted by Crippen LogP contribution is 2.33. The Bertz CT molecular complexity index is 677. The number of carbonyl (C=O) groups excluding carboxylic acids is 2. The number of fused-ring (bicyclic) bond motifs is 1. The Hall–Kier alpha value is -1.74. The molecule has 0 aromatic rings. The fourth-order valence-corrected chi connectivity index (χ4v) is 3.66. The van der Waals surface area contributed by atoms with Gasteiger partial charge in [-0.3, -0.25) is 4.90 Å². The summed E-state index contributed by atoms with van der Waals surface area (Å²) >= 11 is 0. The average molecular weight is 397 g/mol. The van der Waals surface area contributed by atoms with E-state index < -0.39 is 23.3 Å². The minimum Gasteiger partial charge on any atom is -0.459 e. The fraction of sp³-hybridized carbons (Fsp3) is 0.700. The van der Waals surface area contributed by atoms with Crippen molar-refractivity contribution in [2.24, 2.45) is 0 Å². The number of allylic oxidation sites excluding steroid dienone is 1. The second-order valence-corrected chi connectivity index (χ2v) is 8.00. The summed E-state index contributed by atoms with van der Waals surface area (Å²) < 4.78 is 10.9. The highest BCUT2D eigenvalue weighted by atomic mass is 16.6. The van der Waals surface area contributed by atoms with E-state index in [1.807, 2.05) is 6.08 Å². The topological polar surface area (TPSA) is 117 Å². The van der Waals surface area contributed by atoms with Crippen molar-refractivity contribution in [2.45, 2.75) is 70.5 Å². The van der Waals surface area contributed by atoms with Gasteiger partial charge < -0.3 is 24.8 Å². The van der Waals surface area contributed by atoms with E-state index in [1.165, 1.54) is 20.8 Å². The van der Waals surface area contributed by atoms with Gasteiger partial charge in [0.25, 0.3) is 0 Å². The molecule has 0 saturated carbocycles. The van der Waals surface area contributed by atoms with Crippen molar-refractivity contribution >= 4 is 11.9 Å². The number of esters is 2. The Labute approximate surface area is 165 Å². The minimum atomic E-state index is -2.46. The van der Waals surface area contributed by atoms with E-state index in [-0.39, 0.29) is 24.7 Å². The summed E-state index contributed by atoms with van der Waals surface area (Å²) in [7, 11) is 0. The highest BCUT2D eigenvalue weighted by Gasteiger charge is 2.54. The SMILES string of the molecule is CC=C(C)C(=O)O[C@H]1CCN2CC=C(COC(=O)[C@@](O)([C@H](C)O)C(C)(C)O)[C@H]12. The van der Waals surface area contributed by atoms with Gasteiger partial charge >= 0.3 is 11.9 Å². The smallest absolute Gasteiger partial charge is 0.344 e. The van der Waals surface area contributed by atoms with Gasteiger partial charge in [0.2, 0.25) is 5.60 Å². The van der Waals surface area contributed by atoms with Crippen molar-refractivity contribution in [1.29, 1.82) is 0 Å². The molecular formula is C20H31NO7. The molecule has 2 aliphatic heterocycles. The number of rotatable bonds is 7. The van der Waals surface area contributed by atoms with Crippen LogP contribution in [-0.2, 0) is 19.1 Å².